The normalized spacial score (nSPS) is 10.1. The maximum Gasteiger partial charge on any atom is 0.258 e. The summed E-state index contributed by atoms with van der Waals surface area (Å²) in [5, 5.41) is 2.63. The molecule has 0 unspecified atom stereocenters. The van der Waals surface area contributed by atoms with Crippen molar-refractivity contribution in [2.24, 2.45) is 0 Å². The third-order valence-electron chi connectivity index (χ3n) is 2.48. The summed E-state index contributed by atoms with van der Waals surface area (Å²) >= 11 is 5.66. The van der Waals surface area contributed by atoms with E-state index in [-0.39, 0.29) is 5.56 Å². The molecular formula is C14H11ClFNO. The largest absolute Gasteiger partial charge is 0.322 e. The molecule has 2 nitrogen and oxygen atoms in total. The van der Waals surface area contributed by atoms with Gasteiger partial charge in [0.15, 0.2) is 0 Å². The SMILES string of the molecule is O=C(Nc1ccc(CCl)cc1)c1ccccc1F. The van der Waals surface area contributed by atoms with Crippen molar-refractivity contribution in [1.82, 2.24) is 0 Å². The van der Waals surface area contributed by atoms with Crippen molar-refractivity contribution >= 4 is 23.2 Å². The van der Waals surface area contributed by atoms with Crippen LogP contribution in [-0.4, -0.2) is 5.91 Å². The number of anilines is 1. The van der Waals surface area contributed by atoms with Crippen LogP contribution in [-0.2, 0) is 5.88 Å². The number of amides is 1. The van der Waals surface area contributed by atoms with Gasteiger partial charge in [0.2, 0.25) is 0 Å². The predicted molar refractivity (Wildman–Crippen MR) is 70.4 cm³/mol. The third kappa shape index (κ3) is 2.87. The molecule has 2 aromatic carbocycles. The van der Waals surface area contributed by atoms with Crippen LogP contribution in [0.5, 0.6) is 0 Å². The number of nitrogens with one attached hydrogen (secondary N) is 1. The number of hydrogen-bond donors (Lipinski definition) is 1. The molecule has 0 saturated heterocycles. The second kappa shape index (κ2) is 5.65. The number of alkyl halides is 1. The number of carbonyl (C=O) groups excluding carboxylic acids is 1. The van der Waals surface area contributed by atoms with Crippen LogP contribution >= 0.6 is 11.6 Å². The summed E-state index contributed by atoms with van der Waals surface area (Å²) in [6, 6.07) is 12.9. The Kier molecular flexibility index (Phi) is 3.95. The highest BCUT2D eigenvalue weighted by Gasteiger charge is 2.10. The number of benzene rings is 2. The fourth-order valence-corrected chi connectivity index (χ4v) is 1.70. The standard InChI is InChI=1S/C14H11ClFNO/c15-9-10-5-7-11(8-6-10)17-14(18)12-3-1-2-4-13(12)16/h1-8H,9H2,(H,17,18). The topological polar surface area (TPSA) is 29.1 Å². The molecule has 1 amide bonds. The van der Waals surface area contributed by atoms with Gasteiger partial charge in [-0.05, 0) is 29.8 Å². The lowest BCUT2D eigenvalue weighted by Crippen LogP contribution is -2.13. The summed E-state index contributed by atoms with van der Waals surface area (Å²) < 4.78 is 13.4. The van der Waals surface area contributed by atoms with E-state index in [1.165, 1.54) is 12.1 Å². The lowest BCUT2D eigenvalue weighted by Gasteiger charge is -2.06. The van der Waals surface area contributed by atoms with E-state index < -0.39 is 11.7 Å². The van der Waals surface area contributed by atoms with Crippen LogP contribution in [0.1, 0.15) is 15.9 Å². The monoisotopic (exact) mass is 263 g/mol. The molecule has 0 spiro atoms. The lowest BCUT2D eigenvalue weighted by atomic mass is 10.2. The summed E-state index contributed by atoms with van der Waals surface area (Å²) in [7, 11) is 0. The minimum absolute atomic E-state index is 0.0268. The highest BCUT2D eigenvalue weighted by Crippen LogP contribution is 2.14. The van der Waals surface area contributed by atoms with Crippen LogP contribution in [0.25, 0.3) is 0 Å². The molecule has 0 aliphatic carbocycles. The molecule has 0 aliphatic rings. The van der Waals surface area contributed by atoms with Gasteiger partial charge in [-0.25, -0.2) is 4.39 Å². The van der Waals surface area contributed by atoms with E-state index in [4.69, 9.17) is 11.6 Å². The number of hydrogen-bond acceptors (Lipinski definition) is 1. The first-order chi connectivity index (χ1) is 8.70. The molecule has 4 heteroatoms. The van der Waals surface area contributed by atoms with E-state index in [1.54, 1.807) is 24.3 Å². The van der Waals surface area contributed by atoms with Crippen LogP contribution in [0.3, 0.4) is 0 Å². The number of carbonyl (C=O) groups is 1. The first-order valence-electron chi connectivity index (χ1n) is 5.41. The molecule has 0 aliphatic heterocycles. The summed E-state index contributed by atoms with van der Waals surface area (Å²) in [4.78, 5) is 11.8. The van der Waals surface area contributed by atoms with Crippen molar-refractivity contribution in [3.05, 3.63) is 65.5 Å². The number of halogens is 2. The Morgan fingerprint density at radius 1 is 1.11 bits per heavy atom. The van der Waals surface area contributed by atoms with Crippen molar-refractivity contribution in [1.29, 1.82) is 0 Å². The molecular weight excluding hydrogens is 253 g/mol. The van der Waals surface area contributed by atoms with E-state index in [0.717, 1.165) is 5.56 Å². The van der Waals surface area contributed by atoms with E-state index in [0.29, 0.717) is 11.6 Å². The Balaban J connectivity index is 2.14. The first kappa shape index (κ1) is 12.6. The first-order valence-corrected chi connectivity index (χ1v) is 5.95. The Hall–Kier alpha value is -1.87. The van der Waals surface area contributed by atoms with Gasteiger partial charge in [-0.2, -0.15) is 0 Å². The minimum Gasteiger partial charge on any atom is -0.322 e. The van der Waals surface area contributed by atoms with Gasteiger partial charge in [-0.3, -0.25) is 4.79 Å². The van der Waals surface area contributed by atoms with E-state index >= 15 is 0 Å². The number of rotatable bonds is 3. The molecule has 0 heterocycles. The van der Waals surface area contributed by atoms with Crippen molar-refractivity contribution in [2.45, 2.75) is 5.88 Å². The van der Waals surface area contributed by atoms with Gasteiger partial charge in [0.25, 0.3) is 5.91 Å². The van der Waals surface area contributed by atoms with Gasteiger partial charge in [0, 0.05) is 11.6 Å². The average molecular weight is 264 g/mol. The zero-order chi connectivity index (χ0) is 13.0. The zero-order valence-corrected chi connectivity index (χ0v) is 10.2. The van der Waals surface area contributed by atoms with Gasteiger partial charge in [-0.1, -0.05) is 24.3 Å². The molecule has 0 fully saturated rings. The minimum atomic E-state index is -0.535. The maximum absolute atomic E-state index is 13.4. The van der Waals surface area contributed by atoms with Gasteiger partial charge < -0.3 is 5.32 Å². The van der Waals surface area contributed by atoms with Crippen LogP contribution in [0.4, 0.5) is 10.1 Å². The molecule has 2 aromatic rings. The van der Waals surface area contributed by atoms with Crippen molar-refractivity contribution in [3.63, 3.8) is 0 Å². The van der Waals surface area contributed by atoms with Gasteiger partial charge in [0.1, 0.15) is 5.82 Å². The van der Waals surface area contributed by atoms with Crippen molar-refractivity contribution in [3.8, 4) is 0 Å². The summed E-state index contributed by atoms with van der Waals surface area (Å²) in [5.41, 5.74) is 1.59. The highest BCUT2D eigenvalue weighted by molar-refractivity contribution is 6.17. The maximum atomic E-state index is 13.4. The quantitative estimate of drug-likeness (QED) is 0.838. The molecule has 92 valence electrons. The van der Waals surface area contributed by atoms with E-state index in [2.05, 4.69) is 5.32 Å². The van der Waals surface area contributed by atoms with Gasteiger partial charge in [0.05, 0.1) is 5.56 Å². The molecule has 0 atom stereocenters. The average Bonchev–Trinajstić information content (AvgIpc) is 2.40. The smallest absolute Gasteiger partial charge is 0.258 e. The Morgan fingerprint density at radius 3 is 2.39 bits per heavy atom. The molecule has 0 radical (unpaired) electrons. The Bertz CT molecular complexity index is 554. The summed E-state index contributed by atoms with van der Waals surface area (Å²) in [6.45, 7) is 0. The molecule has 1 N–H and O–H groups in total. The Morgan fingerprint density at radius 2 is 1.78 bits per heavy atom. The molecule has 18 heavy (non-hydrogen) atoms. The van der Waals surface area contributed by atoms with E-state index in [1.807, 2.05) is 12.1 Å². The van der Waals surface area contributed by atoms with Crippen LogP contribution in [0.15, 0.2) is 48.5 Å². The molecule has 0 saturated carbocycles. The van der Waals surface area contributed by atoms with Gasteiger partial charge >= 0.3 is 0 Å². The van der Waals surface area contributed by atoms with Crippen LogP contribution in [0.2, 0.25) is 0 Å². The second-order valence-corrected chi connectivity index (χ2v) is 4.03. The fourth-order valence-electron chi connectivity index (χ4n) is 1.52. The van der Waals surface area contributed by atoms with E-state index in [9.17, 15) is 9.18 Å². The highest BCUT2D eigenvalue weighted by atomic mass is 35.5. The lowest BCUT2D eigenvalue weighted by molar-refractivity contribution is 0.102. The molecule has 0 bridgehead atoms. The van der Waals surface area contributed by atoms with Crippen LogP contribution < -0.4 is 5.32 Å². The van der Waals surface area contributed by atoms with Crippen molar-refractivity contribution < 1.29 is 9.18 Å². The second-order valence-electron chi connectivity index (χ2n) is 3.76. The Labute approximate surface area is 109 Å². The summed E-state index contributed by atoms with van der Waals surface area (Å²) in [5.74, 6) is -0.583. The summed E-state index contributed by atoms with van der Waals surface area (Å²) in [6.07, 6.45) is 0. The fraction of sp³-hybridized carbons (Fsp3) is 0.0714. The van der Waals surface area contributed by atoms with Crippen molar-refractivity contribution in [2.75, 3.05) is 5.32 Å². The van der Waals surface area contributed by atoms with Crippen LogP contribution in [0, 0.1) is 5.82 Å². The predicted octanol–water partition coefficient (Wildman–Crippen LogP) is 3.82. The molecule has 2 rings (SSSR count). The molecule has 0 aromatic heterocycles. The van der Waals surface area contributed by atoms with Gasteiger partial charge in [-0.15, -0.1) is 11.6 Å². The zero-order valence-electron chi connectivity index (χ0n) is 9.49. The third-order valence-corrected chi connectivity index (χ3v) is 2.79.